The van der Waals surface area contributed by atoms with E-state index < -0.39 is 10.8 Å². The molecular formula is C18H18N2O5. The number of para-hydroxylation sites is 1. The molecule has 130 valence electrons. The second-order valence-electron chi connectivity index (χ2n) is 5.08. The smallest absolute Gasteiger partial charge is 0.271 e. The third-order valence-corrected chi connectivity index (χ3v) is 3.36. The summed E-state index contributed by atoms with van der Waals surface area (Å²) < 4.78 is 10.6. The molecule has 0 bridgehead atoms. The zero-order valence-electron chi connectivity index (χ0n) is 13.7. The van der Waals surface area contributed by atoms with Crippen LogP contribution in [0.2, 0.25) is 0 Å². The highest BCUT2D eigenvalue weighted by Crippen LogP contribution is 2.28. The first-order valence-electron chi connectivity index (χ1n) is 7.49. The quantitative estimate of drug-likeness (QED) is 0.451. The van der Waals surface area contributed by atoms with Crippen molar-refractivity contribution in [1.29, 1.82) is 0 Å². The van der Waals surface area contributed by atoms with E-state index in [2.05, 4.69) is 11.9 Å². The average Bonchev–Trinajstić information content (AvgIpc) is 2.61. The van der Waals surface area contributed by atoms with Gasteiger partial charge in [0.2, 0.25) is 0 Å². The number of allylic oxidation sites excluding steroid dienone is 1. The van der Waals surface area contributed by atoms with E-state index in [9.17, 15) is 14.9 Å². The summed E-state index contributed by atoms with van der Waals surface area (Å²) in [4.78, 5) is 22.4. The van der Waals surface area contributed by atoms with E-state index in [0.29, 0.717) is 17.9 Å². The molecule has 0 radical (unpaired) electrons. The summed E-state index contributed by atoms with van der Waals surface area (Å²) in [5.41, 5.74) is 0.983. The van der Waals surface area contributed by atoms with Gasteiger partial charge in [-0.15, -0.1) is 6.58 Å². The Hall–Kier alpha value is -3.35. The number of rotatable bonds is 8. The molecule has 7 nitrogen and oxygen atoms in total. The summed E-state index contributed by atoms with van der Waals surface area (Å²) in [5, 5.41) is 13.4. The first-order valence-corrected chi connectivity index (χ1v) is 7.49. The number of anilines is 1. The number of nitrogens with one attached hydrogen (secondary N) is 1. The van der Waals surface area contributed by atoms with Crippen LogP contribution in [0.4, 0.5) is 11.4 Å². The number of hydrogen-bond acceptors (Lipinski definition) is 5. The minimum atomic E-state index is -0.545. The van der Waals surface area contributed by atoms with Crippen molar-refractivity contribution in [2.24, 2.45) is 0 Å². The SMILES string of the molecule is C=CCc1ccccc1OCC(=O)Nc1cc([N+](=O)[O-])ccc1OC. The number of nitro groups is 1. The number of non-ortho nitro benzene ring substituents is 1. The molecule has 0 aromatic heterocycles. The Kier molecular flexibility index (Phi) is 6.11. The van der Waals surface area contributed by atoms with Crippen molar-refractivity contribution in [3.8, 4) is 11.5 Å². The lowest BCUT2D eigenvalue weighted by Crippen LogP contribution is -2.21. The molecule has 2 aromatic rings. The number of hydrogen-bond donors (Lipinski definition) is 1. The third-order valence-electron chi connectivity index (χ3n) is 3.36. The van der Waals surface area contributed by atoms with Crippen molar-refractivity contribution in [1.82, 2.24) is 0 Å². The van der Waals surface area contributed by atoms with Crippen molar-refractivity contribution in [3.63, 3.8) is 0 Å². The Morgan fingerprint density at radius 1 is 1.28 bits per heavy atom. The van der Waals surface area contributed by atoms with Crippen molar-refractivity contribution in [2.75, 3.05) is 19.0 Å². The fraction of sp³-hybridized carbons (Fsp3) is 0.167. The Bertz CT molecular complexity index is 789. The van der Waals surface area contributed by atoms with Crippen molar-refractivity contribution in [3.05, 3.63) is 70.8 Å². The van der Waals surface area contributed by atoms with Crippen LogP contribution in [0.15, 0.2) is 55.1 Å². The largest absolute Gasteiger partial charge is 0.495 e. The van der Waals surface area contributed by atoms with Gasteiger partial charge in [0.25, 0.3) is 11.6 Å². The van der Waals surface area contributed by atoms with E-state index in [1.54, 1.807) is 12.1 Å². The van der Waals surface area contributed by atoms with Gasteiger partial charge in [-0.05, 0) is 24.1 Å². The molecule has 0 saturated heterocycles. The molecule has 7 heteroatoms. The van der Waals surface area contributed by atoms with Gasteiger partial charge in [-0.2, -0.15) is 0 Å². The van der Waals surface area contributed by atoms with Gasteiger partial charge in [-0.25, -0.2) is 0 Å². The number of ether oxygens (including phenoxy) is 2. The van der Waals surface area contributed by atoms with Gasteiger partial charge in [0.05, 0.1) is 17.7 Å². The van der Waals surface area contributed by atoms with Crippen LogP contribution in [0.5, 0.6) is 11.5 Å². The van der Waals surface area contributed by atoms with Crippen LogP contribution in [0.25, 0.3) is 0 Å². The maximum absolute atomic E-state index is 12.1. The molecule has 0 saturated carbocycles. The number of carbonyl (C=O) groups is 1. The molecule has 2 rings (SSSR count). The van der Waals surface area contributed by atoms with Crippen LogP contribution >= 0.6 is 0 Å². The maximum atomic E-state index is 12.1. The second kappa shape index (κ2) is 8.49. The molecular weight excluding hydrogens is 324 g/mol. The fourth-order valence-electron chi connectivity index (χ4n) is 2.21. The topological polar surface area (TPSA) is 90.7 Å². The normalized spacial score (nSPS) is 9.96. The zero-order chi connectivity index (χ0) is 18.2. The summed E-state index contributed by atoms with van der Waals surface area (Å²) in [6.45, 7) is 3.45. The number of methoxy groups -OCH3 is 1. The molecule has 0 spiro atoms. The number of amides is 1. The molecule has 0 fully saturated rings. The van der Waals surface area contributed by atoms with Gasteiger partial charge in [0, 0.05) is 12.1 Å². The molecule has 25 heavy (non-hydrogen) atoms. The van der Waals surface area contributed by atoms with Gasteiger partial charge in [-0.3, -0.25) is 14.9 Å². The Balaban J connectivity index is 2.07. The lowest BCUT2D eigenvalue weighted by molar-refractivity contribution is -0.384. The first-order chi connectivity index (χ1) is 12.0. The summed E-state index contributed by atoms with van der Waals surface area (Å²) in [6.07, 6.45) is 2.37. The number of benzene rings is 2. The average molecular weight is 342 g/mol. The summed E-state index contributed by atoms with van der Waals surface area (Å²) >= 11 is 0. The number of nitrogens with zero attached hydrogens (tertiary/aromatic N) is 1. The standard InChI is InChI=1S/C18H18N2O5/c1-3-6-13-7-4-5-8-16(13)25-12-18(21)19-15-11-14(20(22)23)9-10-17(15)24-2/h3-5,7-11H,1,6,12H2,2H3,(H,19,21). The van der Waals surface area contributed by atoms with E-state index in [1.807, 2.05) is 18.2 Å². The lowest BCUT2D eigenvalue weighted by Gasteiger charge is -2.12. The molecule has 1 N–H and O–H groups in total. The molecule has 2 aromatic carbocycles. The third kappa shape index (κ3) is 4.81. The van der Waals surface area contributed by atoms with E-state index >= 15 is 0 Å². The summed E-state index contributed by atoms with van der Waals surface area (Å²) in [5.74, 6) is 0.460. The Morgan fingerprint density at radius 2 is 2.04 bits per heavy atom. The van der Waals surface area contributed by atoms with Crippen LogP contribution in [0.3, 0.4) is 0 Å². The number of nitro benzene ring substituents is 1. The van der Waals surface area contributed by atoms with E-state index in [-0.39, 0.29) is 18.0 Å². The van der Waals surface area contributed by atoms with Gasteiger partial charge in [0.1, 0.15) is 11.5 Å². The highest BCUT2D eigenvalue weighted by Gasteiger charge is 2.14. The Labute approximate surface area is 145 Å². The maximum Gasteiger partial charge on any atom is 0.271 e. The predicted octanol–water partition coefficient (Wildman–Crippen LogP) is 3.35. The van der Waals surface area contributed by atoms with Gasteiger partial charge in [0.15, 0.2) is 6.61 Å². The molecule has 0 heterocycles. The minimum Gasteiger partial charge on any atom is -0.495 e. The monoisotopic (exact) mass is 342 g/mol. The molecule has 0 unspecified atom stereocenters. The van der Waals surface area contributed by atoms with E-state index in [1.165, 1.54) is 25.3 Å². The Morgan fingerprint density at radius 3 is 2.72 bits per heavy atom. The highest BCUT2D eigenvalue weighted by molar-refractivity contribution is 5.93. The molecule has 0 aliphatic rings. The van der Waals surface area contributed by atoms with Crippen molar-refractivity contribution >= 4 is 17.3 Å². The minimum absolute atomic E-state index is 0.145. The summed E-state index contributed by atoms with van der Waals surface area (Å²) in [7, 11) is 1.42. The van der Waals surface area contributed by atoms with E-state index in [4.69, 9.17) is 9.47 Å². The molecule has 0 atom stereocenters. The van der Waals surface area contributed by atoms with Crippen molar-refractivity contribution in [2.45, 2.75) is 6.42 Å². The fourth-order valence-corrected chi connectivity index (χ4v) is 2.21. The second-order valence-corrected chi connectivity index (χ2v) is 5.08. The highest BCUT2D eigenvalue weighted by atomic mass is 16.6. The molecule has 1 amide bonds. The van der Waals surface area contributed by atoms with Crippen molar-refractivity contribution < 1.29 is 19.2 Å². The van der Waals surface area contributed by atoms with Gasteiger partial charge in [-0.1, -0.05) is 24.3 Å². The number of carbonyl (C=O) groups excluding carboxylic acids is 1. The van der Waals surface area contributed by atoms with Crippen LogP contribution in [0, 0.1) is 10.1 Å². The van der Waals surface area contributed by atoms with Crippen LogP contribution in [-0.4, -0.2) is 24.5 Å². The zero-order valence-corrected chi connectivity index (χ0v) is 13.7. The van der Waals surface area contributed by atoms with Gasteiger partial charge < -0.3 is 14.8 Å². The summed E-state index contributed by atoms with van der Waals surface area (Å²) in [6, 6.07) is 11.3. The van der Waals surface area contributed by atoms with Crippen LogP contribution in [-0.2, 0) is 11.2 Å². The van der Waals surface area contributed by atoms with E-state index in [0.717, 1.165) is 5.56 Å². The van der Waals surface area contributed by atoms with Gasteiger partial charge >= 0.3 is 0 Å². The molecule has 0 aliphatic carbocycles. The lowest BCUT2D eigenvalue weighted by atomic mass is 10.1. The predicted molar refractivity (Wildman–Crippen MR) is 94.1 cm³/mol. The first kappa shape index (κ1) is 18.0. The van der Waals surface area contributed by atoms with Crippen LogP contribution < -0.4 is 14.8 Å². The van der Waals surface area contributed by atoms with Crippen LogP contribution in [0.1, 0.15) is 5.56 Å². The molecule has 0 aliphatic heterocycles.